The van der Waals surface area contributed by atoms with Crippen molar-refractivity contribution >= 4 is 10.8 Å². The van der Waals surface area contributed by atoms with E-state index < -0.39 is 0 Å². The van der Waals surface area contributed by atoms with Gasteiger partial charge in [-0.15, -0.1) is 10.2 Å². The summed E-state index contributed by atoms with van der Waals surface area (Å²) in [6, 6.07) is 19.2. The number of aromatic hydroxyl groups is 1. The molecule has 0 bridgehead atoms. The number of phenolic OH excluding ortho intramolecular Hbond substituents is 1. The van der Waals surface area contributed by atoms with Gasteiger partial charge in [-0.2, -0.15) is 0 Å². The lowest BCUT2D eigenvalue weighted by Crippen LogP contribution is -2.02. The predicted octanol–water partition coefficient (Wildman–Crippen LogP) is 3.47. The Kier molecular flexibility index (Phi) is 4.48. The number of benzene rings is 3. The van der Waals surface area contributed by atoms with Crippen molar-refractivity contribution in [1.82, 2.24) is 14.8 Å². The molecular weight excluding hydrogens is 342 g/mol. The van der Waals surface area contributed by atoms with Crippen LogP contribution in [0.5, 0.6) is 11.5 Å². The maximum Gasteiger partial charge on any atom is 0.172 e. The number of aryl methyl sites for hydroxylation is 1. The summed E-state index contributed by atoms with van der Waals surface area (Å²) in [6.45, 7) is 1.97. The maximum atomic E-state index is 10.5. The largest absolute Gasteiger partial charge is 0.507 e. The molecule has 0 aliphatic heterocycles. The average Bonchev–Trinajstić information content (AvgIpc) is 3.07. The summed E-state index contributed by atoms with van der Waals surface area (Å²) < 4.78 is 7.29. The molecule has 136 valence electrons. The molecule has 4 aromatic rings. The van der Waals surface area contributed by atoms with E-state index in [4.69, 9.17) is 9.84 Å². The van der Waals surface area contributed by atoms with Crippen molar-refractivity contribution in [3.63, 3.8) is 0 Å². The van der Waals surface area contributed by atoms with Crippen LogP contribution in [-0.2, 0) is 0 Å². The number of rotatable bonds is 5. The summed E-state index contributed by atoms with van der Waals surface area (Å²) in [5, 5.41) is 30.1. The lowest BCUT2D eigenvalue weighted by molar-refractivity contribution is 0.201. The summed E-state index contributed by atoms with van der Waals surface area (Å²) in [5.74, 6) is 1.80. The van der Waals surface area contributed by atoms with E-state index in [2.05, 4.69) is 28.4 Å². The summed E-state index contributed by atoms with van der Waals surface area (Å²) in [6.07, 6.45) is 0. The Bertz CT molecular complexity index is 1100. The second-order valence-corrected chi connectivity index (χ2v) is 6.16. The van der Waals surface area contributed by atoms with Gasteiger partial charge in [0.2, 0.25) is 0 Å². The van der Waals surface area contributed by atoms with Gasteiger partial charge >= 0.3 is 0 Å². The number of aromatic nitrogens is 3. The fourth-order valence-corrected chi connectivity index (χ4v) is 3.18. The standard InChI is InChI=1S/C21H19N3O3/c1-14-22-23-21(18-10-9-16(13-20(18)26)27-12-11-25)24(14)19-8-4-6-15-5-2-3-7-17(15)19/h2-10,13,25-26H,11-12H2,1H3. The van der Waals surface area contributed by atoms with Crippen LogP contribution in [0.25, 0.3) is 27.8 Å². The van der Waals surface area contributed by atoms with Gasteiger partial charge in [-0.3, -0.25) is 4.57 Å². The third-order valence-corrected chi connectivity index (χ3v) is 4.40. The smallest absolute Gasteiger partial charge is 0.172 e. The fourth-order valence-electron chi connectivity index (χ4n) is 3.18. The number of nitrogens with zero attached hydrogens (tertiary/aromatic N) is 3. The monoisotopic (exact) mass is 361 g/mol. The van der Waals surface area contributed by atoms with Gasteiger partial charge in [0.25, 0.3) is 0 Å². The van der Waals surface area contributed by atoms with E-state index >= 15 is 0 Å². The molecule has 0 aliphatic carbocycles. The average molecular weight is 361 g/mol. The minimum atomic E-state index is -0.0862. The summed E-state index contributed by atoms with van der Waals surface area (Å²) in [5.41, 5.74) is 1.51. The molecule has 27 heavy (non-hydrogen) atoms. The topological polar surface area (TPSA) is 80.4 Å². The van der Waals surface area contributed by atoms with E-state index in [1.807, 2.05) is 35.8 Å². The van der Waals surface area contributed by atoms with E-state index in [1.54, 1.807) is 12.1 Å². The summed E-state index contributed by atoms with van der Waals surface area (Å²) >= 11 is 0. The molecule has 2 N–H and O–H groups in total. The lowest BCUT2D eigenvalue weighted by Gasteiger charge is -2.13. The first-order valence-electron chi connectivity index (χ1n) is 8.66. The molecule has 4 rings (SSSR count). The number of hydrogen-bond acceptors (Lipinski definition) is 5. The zero-order chi connectivity index (χ0) is 18.8. The minimum absolute atomic E-state index is 0.0410. The second-order valence-electron chi connectivity index (χ2n) is 6.16. The van der Waals surface area contributed by atoms with Crippen LogP contribution >= 0.6 is 0 Å². The Hall–Kier alpha value is -3.38. The molecule has 6 heteroatoms. The molecule has 0 unspecified atom stereocenters. The SMILES string of the molecule is Cc1nnc(-c2ccc(OCCO)cc2O)n1-c1cccc2ccccc12. The third-order valence-electron chi connectivity index (χ3n) is 4.40. The van der Waals surface area contributed by atoms with Crippen LogP contribution in [0.15, 0.2) is 60.7 Å². The highest BCUT2D eigenvalue weighted by Crippen LogP contribution is 2.34. The molecular formula is C21H19N3O3. The van der Waals surface area contributed by atoms with Crippen LogP contribution in [0.3, 0.4) is 0 Å². The van der Waals surface area contributed by atoms with Gasteiger partial charge in [0.1, 0.15) is 23.9 Å². The van der Waals surface area contributed by atoms with Crippen LogP contribution in [0, 0.1) is 6.92 Å². The van der Waals surface area contributed by atoms with Gasteiger partial charge in [0.15, 0.2) is 5.82 Å². The second kappa shape index (κ2) is 7.09. The molecule has 0 aliphatic rings. The Morgan fingerprint density at radius 1 is 1.00 bits per heavy atom. The minimum Gasteiger partial charge on any atom is -0.507 e. The quantitative estimate of drug-likeness (QED) is 0.569. The summed E-state index contributed by atoms with van der Waals surface area (Å²) in [7, 11) is 0. The molecule has 1 aromatic heterocycles. The molecule has 1 heterocycles. The number of hydrogen-bond donors (Lipinski definition) is 2. The van der Waals surface area contributed by atoms with Crippen molar-refractivity contribution in [2.24, 2.45) is 0 Å². The van der Waals surface area contributed by atoms with Crippen molar-refractivity contribution in [2.45, 2.75) is 6.92 Å². The molecule has 3 aromatic carbocycles. The first-order valence-corrected chi connectivity index (χ1v) is 8.66. The molecule has 0 saturated carbocycles. The molecule has 6 nitrogen and oxygen atoms in total. The van der Waals surface area contributed by atoms with Crippen LogP contribution in [-0.4, -0.2) is 38.2 Å². The highest BCUT2D eigenvalue weighted by atomic mass is 16.5. The Labute approximate surface area is 156 Å². The lowest BCUT2D eigenvalue weighted by atomic mass is 10.1. The van der Waals surface area contributed by atoms with E-state index in [0.717, 1.165) is 22.3 Å². The van der Waals surface area contributed by atoms with Crippen LogP contribution < -0.4 is 4.74 Å². The normalized spacial score (nSPS) is 11.0. The highest BCUT2D eigenvalue weighted by molar-refractivity contribution is 5.91. The van der Waals surface area contributed by atoms with Crippen LogP contribution in [0.4, 0.5) is 0 Å². The van der Waals surface area contributed by atoms with Gasteiger partial charge < -0.3 is 14.9 Å². The number of aliphatic hydroxyl groups excluding tert-OH is 1. The fraction of sp³-hybridized carbons (Fsp3) is 0.143. The molecule has 0 spiro atoms. The Morgan fingerprint density at radius 3 is 2.63 bits per heavy atom. The van der Waals surface area contributed by atoms with Crippen LogP contribution in [0.1, 0.15) is 5.82 Å². The van der Waals surface area contributed by atoms with Crippen molar-refractivity contribution in [1.29, 1.82) is 0 Å². The molecule has 0 fully saturated rings. The van der Waals surface area contributed by atoms with Crippen molar-refractivity contribution < 1.29 is 14.9 Å². The zero-order valence-corrected chi connectivity index (χ0v) is 14.8. The highest BCUT2D eigenvalue weighted by Gasteiger charge is 2.18. The maximum absolute atomic E-state index is 10.5. The van der Waals surface area contributed by atoms with Gasteiger partial charge in [-0.1, -0.05) is 36.4 Å². The Balaban J connectivity index is 1.86. The Morgan fingerprint density at radius 2 is 1.81 bits per heavy atom. The van der Waals surface area contributed by atoms with Crippen LogP contribution in [0.2, 0.25) is 0 Å². The molecule has 0 radical (unpaired) electrons. The van der Waals surface area contributed by atoms with Crippen molar-refractivity contribution in [2.75, 3.05) is 13.2 Å². The predicted molar refractivity (Wildman–Crippen MR) is 103 cm³/mol. The first kappa shape index (κ1) is 17.1. The summed E-state index contributed by atoms with van der Waals surface area (Å²) in [4.78, 5) is 0. The molecule has 0 saturated heterocycles. The van der Waals surface area contributed by atoms with E-state index in [-0.39, 0.29) is 19.0 Å². The van der Waals surface area contributed by atoms with Gasteiger partial charge in [-0.25, -0.2) is 0 Å². The van der Waals surface area contributed by atoms with Crippen molar-refractivity contribution in [3.05, 3.63) is 66.5 Å². The van der Waals surface area contributed by atoms with E-state index in [9.17, 15) is 5.11 Å². The molecule has 0 atom stereocenters. The zero-order valence-electron chi connectivity index (χ0n) is 14.8. The van der Waals surface area contributed by atoms with Gasteiger partial charge in [-0.05, 0) is 30.5 Å². The van der Waals surface area contributed by atoms with Crippen molar-refractivity contribution in [3.8, 4) is 28.6 Å². The number of phenols is 1. The number of ether oxygens (including phenoxy) is 1. The molecule has 0 amide bonds. The van der Waals surface area contributed by atoms with E-state index in [0.29, 0.717) is 17.1 Å². The van der Waals surface area contributed by atoms with Gasteiger partial charge in [0, 0.05) is 11.5 Å². The first-order chi connectivity index (χ1) is 13.2. The number of aliphatic hydroxyl groups is 1. The number of fused-ring (bicyclic) bond motifs is 1. The van der Waals surface area contributed by atoms with E-state index in [1.165, 1.54) is 6.07 Å². The third kappa shape index (κ3) is 3.11. The van der Waals surface area contributed by atoms with Gasteiger partial charge in [0.05, 0.1) is 17.9 Å².